The molecule has 0 unspecified atom stereocenters. The molecule has 0 aliphatic carbocycles. The summed E-state index contributed by atoms with van der Waals surface area (Å²) in [6, 6.07) is 0. The van der Waals surface area contributed by atoms with Crippen molar-refractivity contribution in [1.29, 1.82) is 0 Å². The van der Waals surface area contributed by atoms with Gasteiger partial charge in [0.15, 0.2) is 0 Å². The first-order valence-electron chi connectivity index (χ1n) is 2.80. The van der Waals surface area contributed by atoms with E-state index in [-0.39, 0.29) is 5.69 Å². The molecule has 0 saturated carbocycles. The van der Waals surface area contributed by atoms with E-state index in [0.29, 0.717) is 4.60 Å². The number of methoxy groups -OCH3 is 1. The fourth-order valence-corrected chi connectivity index (χ4v) is 0.879. The van der Waals surface area contributed by atoms with Crippen molar-refractivity contribution in [2.24, 2.45) is 7.05 Å². The Bertz CT molecular complexity index is 283. The van der Waals surface area contributed by atoms with Gasteiger partial charge in [0.2, 0.25) is 5.69 Å². The van der Waals surface area contributed by atoms with Gasteiger partial charge in [0.25, 0.3) is 0 Å². The van der Waals surface area contributed by atoms with E-state index in [1.165, 1.54) is 11.8 Å². The first kappa shape index (κ1) is 8.19. The Morgan fingerprint density at radius 2 is 2.36 bits per heavy atom. The lowest BCUT2D eigenvalue weighted by atomic mass is 10.5. The molecule has 1 aromatic rings. The average molecular weight is 220 g/mol. The molecule has 0 radical (unpaired) electrons. The van der Waals surface area contributed by atoms with Crippen molar-refractivity contribution in [3.05, 3.63) is 10.3 Å². The number of hydrogen-bond acceptors (Lipinski definition) is 4. The SMILES string of the molecule is COC(=O)c1nnn(C)c1Br. The molecule has 0 N–H and O–H groups in total. The molecule has 0 spiro atoms. The van der Waals surface area contributed by atoms with Crippen LogP contribution in [0.15, 0.2) is 4.60 Å². The number of rotatable bonds is 1. The number of aromatic nitrogens is 3. The zero-order valence-electron chi connectivity index (χ0n) is 6.04. The molecular weight excluding hydrogens is 214 g/mol. The lowest BCUT2D eigenvalue weighted by molar-refractivity contribution is 0.0593. The van der Waals surface area contributed by atoms with Crippen molar-refractivity contribution >= 4 is 21.9 Å². The molecule has 0 aliphatic heterocycles. The highest BCUT2D eigenvalue weighted by molar-refractivity contribution is 9.10. The maximum absolute atomic E-state index is 10.9. The highest BCUT2D eigenvalue weighted by atomic mass is 79.9. The van der Waals surface area contributed by atoms with E-state index in [1.807, 2.05) is 0 Å². The van der Waals surface area contributed by atoms with Crippen LogP contribution in [0.25, 0.3) is 0 Å². The second kappa shape index (κ2) is 3.00. The second-order valence-corrected chi connectivity index (χ2v) is 2.60. The minimum atomic E-state index is -0.495. The number of carbonyl (C=O) groups excluding carboxylic acids is 1. The molecule has 0 saturated heterocycles. The van der Waals surface area contributed by atoms with Crippen molar-refractivity contribution in [3.8, 4) is 0 Å². The minimum absolute atomic E-state index is 0.190. The highest BCUT2D eigenvalue weighted by Crippen LogP contribution is 2.12. The number of nitrogens with zero attached hydrogens (tertiary/aromatic N) is 3. The van der Waals surface area contributed by atoms with Crippen LogP contribution in [0.1, 0.15) is 10.5 Å². The summed E-state index contributed by atoms with van der Waals surface area (Å²) in [6.45, 7) is 0. The Labute approximate surface area is 71.5 Å². The average Bonchev–Trinajstić information content (AvgIpc) is 2.32. The summed E-state index contributed by atoms with van der Waals surface area (Å²) < 4.78 is 6.40. The predicted octanol–water partition coefficient (Wildman–Crippen LogP) is 0.364. The lowest BCUT2D eigenvalue weighted by Crippen LogP contribution is -2.02. The summed E-state index contributed by atoms with van der Waals surface area (Å²) in [4.78, 5) is 10.9. The van der Waals surface area contributed by atoms with Crippen molar-refractivity contribution in [1.82, 2.24) is 15.0 Å². The van der Waals surface area contributed by atoms with Gasteiger partial charge in [-0.2, -0.15) is 0 Å². The predicted molar refractivity (Wildman–Crippen MR) is 40.0 cm³/mol. The zero-order chi connectivity index (χ0) is 8.43. The van der Waals surface area contributed by atoms with Gasteiger partial charge >= 0.3 is 5.97 Å². The van der Waals surface area contributed by atoms with Gasteiger partial charge in [0.1, 0.15) is 4.60 Å². The number of carbonyl (C=O) groups is 1. The van der Waals surface area contributed by atoms with Crippen molar-refractivity contribution < 1.29 is 9.53 Å². The molecule has 6 heteroatoms. The fraction of sp³-hybridized carbons (Fsp3) is 0.400. The Morgan fingerprint density at radius 1 is 1.73 bits per heavy atom. The van der Waals surface area contributed by atoms with Gasteiger partial charge in [0.05, 0.1) is 7.11 Å². The van der Waals surface area contributed by atoms with Crippen LogP contribution < -0.4 is 0 Å². The van der Waals surface area contributed by atoms with Gasteiger partial charge in [-0.25, -0.2) is 9.48 Å². The molecule has 0 aliphatic rings. The molecule has 1 rings (SSSR count). The van der Waals surface area contributed by atoms with Crippen LogP contribution in [0.3, 0.4) is 0 Å². The van der Waals surface area contributed by atoms with E-state index >= 15 is 0 Å². The van der Waals surface area contributed by atoms with Crippen LogP contribution in [-0.4, -0.2) is 28.1 Å². The molecular formula is C5H6BrN3O2. The van der Waals surface area contributed by atoms with Gasteiger partial charge in [0, 0.05) is 7.05 Å². The number of hydrogen-bond donors (Lipinski definition) is 0. The van der Waals surface area contributed by atoms with E-state index in [4.69, 9.17) is 0 Å². The molecule has 5 nitrogen and oxygen atoms in total. The van der Waals surface area contributed by atoms with Crippen LogP contribution in [0, 0.1) is 0 Å². The standard InChI is InChI=1S/C5H6BrN3O2/c1-9-4(6)3(7-8-9)5(10)11-2/h1-2H3. The minimum Gasteiger partial charge on any atom is -0.464 e. The number of halogens is 1. The van der Waals surface area contributed by atoms with Crippen LogP contribution in [0.5, 0.6) is 0 Å². The topological polar surface area (TPSA) is 57.0 Å². The molecule has 0 fully saturated rings. The molecule has 11 heavy (non-hydrogen) atoms. The molecule has 0 amide bonds. The van der Waals surface area contributed by atoms with Gasteiger partial charge in [-0.1, -0.05) is 5.21 Å². The van der Waals surface area contributed by atoms with E-state index in [0.717, 1.165) is 0 Å². The monoisotopic (exact) mass is 219 g/mol. The van der Waals surface area contributed by atoms with Gasteiger partial charge in [-0.15, -0.1) is 5.10 Å². The van der Waals surface area contributed by atoms with E-state index in [1.54, 1.807) is 7.05 Å². The number of ether oxygens (including phenoxy) is 1. The van der Waals surface area contributed by atoms with Crippen LogP contribution >= 0.6 is 15.9 Å². The first-order valence-corrected chi connectivity index (χ1v) is 3.59. The van der Waals surface area contributed by atoms with Crippen LogP contribution in [0.2, 0.25) is 0 Å². The smallest absolute Gasteiger partial charge is 0.361 e. The van der Waals surface area contributed by atoms with Crippen molar-refractivity contribution in [2.45, 2.75) is 0 Å². The quantitative estimate of drug-likeness (QED) is 0.641. The summed E-state index contributed by atoms with van der Waals surface area (Å²) >= 11 is 3.13. The first-order chi connectivity index (χ1) is 5.16. The van der Waals surface area contributed by atoms with Crippen LogP contribution in [-0.2, 0) is 11.8 Å². The summed E-state index contributed by atoms with van der Waals surface area (Å²) in [5.74, 6) is -0.495. The molecule has 0 aromatic carbocycles. The third-order valence-corrected chi connectivity index (χ3v) is 2.03. The van der Waals surface area contributed by atoms with E-state index < -0.39 is 5.97 Å². The molecule has 0 atom stereocenters. The zero-order valence-corrected chi connectivity index (χ0v) is 7.62. The molecule has 1 heterocycles. The lowest BCUT2D eigenvalue weighted by Gasteiger charge is -1.92. The largest absolute Gasteiger partial charge is 0.464 e. The van der Waals surface area contributed by atoms with Gasteiger partial charge < -0.3 is 4.74 Å². The number of aryl methyl sites for hydroxylation is 1. The fourth-order valence-electron chi connectivity index (χ4n) is 0.567. The van der Waals surface area contributed by atoms with Gasteiger partial charge in [-0.3, -0.25) is 0 Å². The third kappa shape index (κ3) is 1.40. The second-order valence-electron chi connectivity index (χ2n) is 1.84. The summed E-state index contributed by atoms with van der Waals surface area (Å²) in [6.07, 6.45) is 0. The van der Waals surface area contributed by atoms with E-state index in [9.17, 15) is 4.79 Å². The Balaban J connectivity index is 3.04. The Hall–Kier alpha value is -0.910. The molecule has 60 valence electrons. The maximum atomic E-state index is 10.9. The summed E-state index contributed by atoms with van der Waals surface area (Å²) in [5.41, 5.74) is 0.190. The highest BCUT2D eigenvalue weighted by Gasteiger charge is 2.15. The number of esters is 1. The third-order valence-electron chi connectivity index (χ3n) is 1.14. The van der Waals surface area contributed by atoms with Crippen LogP contribution in [0.4, 0.5) is 0 Å². The normalized spacial score (nSPS) is 9.73. The van der Waals surface area contributed by atoms with Gasteiger partial charge in [-0.05, 0) is 15.9 Å². The Kier molecular flexibility index (Phi) is 2.23. The van der Waals surface area contributed by atoms with Crippen molar-refractivity contribution in [2.75, 3.05) is 7.11 Å². The van der Waals surface area contributed by atoms with Crippen molar-refractivity contribution in [3.63, 3.8) is 0 Å². The molecule has 0 bridgehead atoms. The van der Waals surface area contributed by atoms with E-state index in [2.05, 4.69) is 31.0 Å². The summed E-state index contributed by atoms with van der Waals surface area (Å²) in [5, 5.41) is 7.18. The Morgan fingerprint density at radius 3 is 2.73 bits per heavy atom. The molecule has 1 aromatic heterocycles. The maximum Gasteiger partial charge on any atom is 0.361 e. The summed E-state index contributed by atoms with van der Waals surface area (Å²) in [7, 11) is 2.97.